The number of carbonyl (C=O) groups is 1. The predicted octanol–water partition coefficient (Wildman–Crippen LogP) is 1.01. The molecular weight excluding hydrogens is 632 g/mol. The SMILES string of the molecule is COc1ccc(-c2cc(=O)c3c(O)c(OCc4cccc(O)c4)c(O[C@@H]4O[C@H](C(=O)O)[C@](O)(C[C@H]5CNCN5)[C@@H](O)[C@H]4O)cc3o2)cc1. The highest BCUT2D eigenvalue weighted by Crippen LogP contribution is 2.45. The summed E-state index contributed by atoms with van der Waals surface area (Å²) in [5.74, 6) is -2.44. The van der Waals surface area contributed by atoms with Crippen molar-refractivity contribution >= 4 is 16.9 Å². The number of hydrogen-bond acceptors (Lipinski definition) is 14. The van der Waals surface area contributed by atoms with Gasteiger partial charge in [0, 0.05) is 37.0 Å². The standard InChI is InChI=1S/C33H34N2O13/c1-44-20-7-5-17(6-8-20)22-10-21(37)25-23(46-22)11-24(28(26(25)38)45-14-16-3-2-4-19(36)9-16)47-32-27(39)29(40)33(43,30(48-32)31(41)42)12-18-13-34-15-35-18/h2-11,18,27,29-30,32,34-36,38-40,43H,12-15H2,1H3,(H,41,42)/t18-,27+,29-,30+,32+,33-/m0/s1. The van der Waals surface area contributed by atoms with Gasteiger partial charge in [0.1, 0.15) is 52.6 Å². The summed E-state index contributed by atoms with van der Waals surface area (Å²) >= 11 is 0. The molecule has 2 aliphatic rings. The van der Waals surface area contributed by atoms with Gasteiger partial charge in [-0.05, 0) is 48.4 Å². The number of aliphatic hydroxyl groups excluding tert-OH is 2. The molecule has 6 atom stereocenters. The Morgan fingerprint density at radius 2 is 1.85 bits per heavy atom. The van der Waals surface area contributed by atoms with Crippen LogP contribution in [-0.2, 0) is 16.1 Å². The second kappa shape index (κ2) is 13.3. The molecule has 0 saturated carbocycles. The van der Waals surface area contributed by atoms with Gasteiger partial charge in [-0.25, -0.2) is 4.79 Å². The van der Waals surface area contributed by atoms with Crippen molar-refractivity contribution in [2.75, 3.05) is 20.3 Å². The second-order valence-electron chi connectivity index (χ2n) is 11.6. The highest BCUT2D eigenvalue weighted by Gasteiger charge is 2.59. The molecule has 0 spiro atoms. The number of aliphatic carboxylic acids is 1. The molecule has 15 nitrogen and oxygen atoms in total. The lowest BCUT2D eigenvalue weighted by Crippen LogP contribution is -2.70. The molecule has 0 aliphatic carbocycles. The summed E-state index contributed by atoms with van der Waals surface area (Å²) < 4.78 is 28.5. The van der Waals surface area contributed by atoms with E-state index in [1.54, 1.807) is 36.4 Å². The van der Waals surface area contributed by atoms with Gasteiger partial charge in [-0.1, -0.05) is 12.1 Å². The lowest BCUT2D eigenvalue weighted by Gasteiger charge is -2.47. The van der Waals surface area contributed by atoms with Gasteiger partial charge in [-0.2, -0.15) is 0 Å². The van der Waals surface area contributed by atoms with Crippen molar-refractivity contribution in [2.45, 2.75) is 49.3 Å². The molecule has 3 heterocycles. The zero-order chi connectivity index (χ0) is 34.2. The molecule has 15 heteroatoms. The number of fused-ring (bicyclic) bond motifs is 1. The molecule has 48 heavy (non-hydrogen) atoms. The van der Waals surface area contributed by atoms with Crippen LogP contribution in [-0.4, -0.2) is 93.2 Å². The molecule has 0 bridgehead atoms. The maximum atomic E-state index is 13.3. The first-order valence-corrected chi connectivity index (χ1v) is 14.9. The zero-order valence-electron chi connectivity index (χ0n) is 25.5. The summed E-state index contributed by atoms with van der Waals surface area (Å²) in [5, 5.41) is 70.6. The van der Waals surface area contributed by atoms with Crippen LogP contribution in [0.3, 0.4) is 0 Å². The fourth-order valence-corrected chi connectivity index (χ4v) is 5.92. The van der Waals surface area contributed by atoms with Crippen LogP contribution in [0.5, 0.6) is 28.7 Å². The quantitative estimate of drug-likeness (QED) is 0.118. The molecule has 0 unspecified atom stereocenters. The van der Waals surface area contributed by atoms with Gasteiger partial charge < -0.3 is 64.6 Å². The number of rotatable bonds is 10. The van der Waals surface area contributed by atoms with Crippen molar-refractivity contribution in [3.63, 3.8) is 0 Å². The van der Waals surface area contributed by atoms with Crippen LogP contribution in [0.15, 0.2) is 69.9 Å². The zero-order valence-corrected chi connectivity index (χ0v) is 25.5. The molecule has 3 aromatic carbocycles. The fourth-order valence-electron chi connectivity index (χ4n) is 5.92. The van der Waals surface area contributed by atoms with E-state index in [0.717, 1.165) is 0 Å². The first-order chi connectivity index (χ1) is 23.0. The number of methoxy groups -OCH3 is 1. The van der Waals surface area contributed by atoms with Crippen LogP contribution in [0, 0.1) is 0 Å². The summed E-state index contributed by atoms with van der Waals surface area (Å²) in [6.07, 6.45) is -8.28. The molecule has 2 aliphatic heterocycles. The molecule has 0 amide bonds. The van der Waals surface area contributed by atoms with E-state index >= 15 is 0 Å². The number of nitrogens with one attached hydrogen (secondary N) is 2. The van der Waals surface area contributed by atoms with E-state index in [-0.39, 0.29) is 41.3 Å². The Hall–Kier alpha value is -4.90. The molecule has 6 rings (SSSR count). The topological polar surface area (TPSA) is 230 Å². The highest BCUT2D eigenvalue weighted by molar-refractivity contribution is 5.89. The van der Waals surface area contributed by atoms with Crippen molar-refractivity contribution in [3.8, 4) is 40.1 Å². The molecule has 2 saturated heterocycles. The highest BCUT2D eigenvalue weighted by atomic mass is 16.7. The maximum Gasteiger partial charge on any atom is 0.336 e. The Bertz CT molecular complexity index is 1860. The van der Waals surface area contributed by atoms with Gasteiger partial charge in [-0.3, -0.25) is 4.79 Å². The van der Waals surface area contributed by atoms with E-state index < -0.39 is 59.1 Å². The Balaban J connectivity index is 1.40. The summed E-state index contributed by atoms with van der Waals surface area (Å²) in [4.78, 5) is 25.7. The third kappa shape index (κ3) is 6.34. The fraction of sp³-hybridized carbons (Fsp3) is 0.333. The largest absolute Gasteiger partial charge is 0.508 e. The van der Waals surface area contributed by atoms with Crippen LogP contribution >= 0.6 is 0 Å². The van der Waals surface area contributed by atoms with Crippen molar-refractivity contribution in [3.05, 3.63) is 76.5 Å². The normalized spacial score (nSPS) is 25.5. The van der Waals surface area contributed by atoms with E-state index in [1.165, 1.54) is 31.4 Å². The molecule has 2 fully saturated rings. The minimum Gasteiger partial charge on any atom is -0.508 e. The number of ether oxygens (including phenoxy) is 4. The Labute approximate surface area is 272 Å². The van der Waals surface area contributed by atoms with E-state index in [2.05, 4.69) is 10.6 Å². The number of aromatic hydroxyl groups is 2. The number of phenols is 2. The van der Waals surface area contributed by atoms with Gasteiger partial charge in [-0.15, -0.1) is 0 Å². The first kappa shape index (κ1) is 33.0. The maximum absolute atomic E-state index is 13.3. The van der Waals surface area contributed by atoms with Crippen LogP contribution in [0.2, 0.25) is 0 Å². The van der Waals surface area contributed by atoms with Gasteiger partial charge >= 0.3 is 5.97 Å². The summed E-state index contributed by atoms with van der Waals surface area (Å²) in [7, 11) is 1.51. The van der Waals surface area contributed by atoms with Gasteiger partial charge in [0.15, 0.2) is 23.0 Å². The molecule has 1 aromatic heterocycles. The molecular formula is C33H34N2O13. The number of phenolic OH excluding ortho intramolecular Hbond substituents is 2. The van der Waals surface area contributed by atoms with Crippen LogP contribution < -0.4 is 30.3 Å². The number of benzene rings is 3. The van der Waals surface area contributed by atoms with E-state index in [0.29, 0.717) is 30.1 Å². The monoisotopic (exact) mass is 666 g/mol. The molecule has 8 N–H and O–H groups in total. The average molecular weight is 667 g/mol. The number of hydrogen-bond donors (Lipinski definition) is 8. The minimum absolute atomic E-state index is 0.0505. The van der Waals surface area contributed by atoms with Crippen LogP contribution in [0.4, 0.5) is 0 Å². The smallest absolute Gasteiger partial charge is 0.336 e. The Morgan fingerprint density at radius 3 is 2.52 bits per heavy atom. The molecule has 4 aromatic rings. The molecule has 0 radical (unpaired) electrons. The van der Waals surface area contributed by atoms with E-state index in [4.69, 9.17) is 23.4 Å². The van der Waals surface area contributed by atoms with Crippen molar-refractivity contribution in [1.82, 2.24) is 10.6 Å². The average Bonchev–Trinajstić information content (AvgIpc) is 3.57. The van der Waals surface area contributed by atoms with Crippen molar-refractivity contribution < 1.29 is 58.8 Å². The third-order valence-electron chi connectivity index (χ3n) is 8.37. The Morgan fingerprint density at radius 1 is 1.08 bits per heavy atom. The predicted molar refractivity (Wildman–Crippen MR) is 167 cm³/mol. The van der Waals surface area contributed by atoms with Crippen LogP contribution in [0.1, 0.15) is 12.0 Å². The van der Waals surface area contributed by atoms with Crippen molar-refractivity contribution in [2.24, 2.45) is 0 Å². The summed E-state index contributed by atoms with van der Waals surface area (Å²) in [5.41, 5.74) is -2.25. The second-order valence-corrected chi connectivity index (χ2v) is 11.6. The van der Waals surface area contributed by atoms with Crippen molar-refractivity contribution in [1.29, 1.82) is 0 Å². The first-order valence-electron chi connectivity index (χ1n) is 14.9. The minimum atomic E-state index is -2.42. The van der Waals surface area contributed by atoms with Crippen LogP contribution in [0.25, 0.3) is 22.3 Å². The summed E-state index contributed by atoms with van der Waals surface area (Å²) in [6.45, 7) is 0.532. The lowest BCUT2D eigenvalue weighted by molar-refractivity contribution is -0.307. The Kier molecular flexibility index (Phi) is 9.15. The third-order valence-corrected chi connectivity index (χ3v) is 8.37. The number of carboxylic acid groups (broad SMARTS) is 1. The summed E-state index contributed by atoms with van der Waals surface area (Å²) in [6, 6.07) is 14.6. The van der Waals surface area contributed by atoms with Gasteiger partial charge in [0.05, 0.1) is 7.11 Å². The van der Waals surface area contributed by atoms with E-state index in [1.807, 2.05) is 0 Å². The van der Waals surface area contributed by atoms with Gasteiger partial charge in [0.2, 0.25) is 12.0 Å². The van der Waals surface area contributed by atoms with Gasteiger partial charge in [0.25, 0.3) is 0 Å². The van der Waals surface area contributed by atoms with E-state index in [9.17, 15) is 40.2 Å². The lowest BCUT2D eigenvalue weighted by atomic mass is 9.79. The number of aliphatic hydroxyl groups is 3. The molecule has 254 valence electrons. The number of carboxylic acids is 1.